The van der Waals surface area contributed by atoms with Crippen molar-refractivity contribution in [3.63, 3.8) is 0 Å². The second-order valence-electron chi connectivity index (χ2n) is 3.23. The van der Waals surface area contributed by atoms with Gasteiger partial charge in [0, 0.05) is 17.5 Å². The van der Waals surface area contributed by atoms with Crippen molar-refractivity contribution in [2.75, 3.05) is 0 Å². The maximum Gasteiger partial charge on any atom is 0.128 e. The van der Waals surface area contributed by atoms with Gasteiger partial charge in [0.25, 0.3) is 0 Å². The van der Waals surface area contributed by atoms with Crippen LogP contribution in [0.4, 0.5) is 0 Å². The zero-order chi connectivity index (χ0) is 10.4. The molecule has 0 saturated carbocycles. The minimum atomic E-state index is 0.507. The van der Waals surface area contributed by atoms with Crippen LogP contribution in [-0.2, 0) is 0 Å². The molecule has 1 aliphatic heterocycles. The molecule has 1 rings (SSSR count). The average Bonchev–Trinajstić information content (AvgIpc) is 2.64. The van der Waals surface area contributed by atoms with E-state index in [1.807, 2.05) is 17.7 Å². The lowest BCUT2D eigenvalue weighted by molar-refractivity contribution is -0.620. The van der Waals surface area contributed by atoms with E-state index >= 15 is 0 Å². The van der Waals surface area contributed by atoms with Gasteiger partial charge in [-0.05, 0) is 5.92 Å². The number of nitrogens with one attached hydrogen (secondary N) is 2. The molecule has 0 aromatic rings. The van der Waals surface area contributed by atoms with Crippen LogP contribution in [0, 0.1) is 11.4 Å². The van der Waals surface area contributed by atoms with E-state index < -0.39 is 0 Å². The summed E-state index contributed by atoms with van der Waals surface area (Å²) in [5.41, 5.74) is 9.68. The van der Waals surface area contributed by atoms with Crippen molar-refractivity contribution < 1.29 is 5.43 Å². The third-order valence-corrected chi connectivity index (χ3v) is 2.47. The number of quaternary nitrogens is 1. The number of nitrogens with zero attached hydrogens (tertiary/aromatic N) is 1. The highest BCUT2D eigenvalue weighted by molar-refractivity contribution is 8.01. The van der Waals surface area contributed by atoms with Crippen LogP contribution in [0.3, 0.4) is 0 Å². The fraction of sp³-hybridized carbons (Fsp3) is 0.333. The van der Waals surface area contributed by atoms with Gasteiger partial charge in [-0.25, -0.2) is 11.0 Å². The van der Waals surface area contributed by atoms with Crippen molar-refractivity contribution in [1.82, 2.24) is 4.83 Å². The minimum absolute atomic E-state index is 0.507. The van der Waals surface area contributed by atoms with Gasteiger partial charge in [0.15, 0.2) is 0 Å². The Morgan fingerprint density at radius 2 is 2.50 bits per heavy atom. The van der Waals surface area contributed by atoms with Crippen molar-refractivity contribution in [1.29, 1.82) is 5.53 Å². The van der Waals surface area contributed by atoms with Gasteiger partial charge in [-0.3, -0.25) is 0 Å². The molecule has 0 fully saturated rings. The number of rotatable bonds is 4. The van der Waals surface area contributed by atoms with Gasteiger partial charge >= 0.3 is 0 Å². The van der Waals surface area contributed by atoms with E-state index in [1.54, 1.807) is 6.20 Å². The molecule has 0 aliphatic carbocycles. The van der Waals surface area contributed by atoms with Gasteiger partial charge in [-0.15, -0.1) is 4.83 Å². The van der Waals surface area contributed by atoms with Crippen molar-refractivity contribution in [3.8, 4) is 0 Å². The van der Waals surface area contributed by atoms with E-state index in [-0.39, 0.29) is 0 Å². The molecule has 4 nitrogen and oxygen atoms in total. The lowest BCUT2D eigenvalue weighted by Crippen LogP contribution is -2.83. The van der Waals surface area contributed by atoms with E-state index in [1.165, 1.54) is 11.9 Å². The molecule has 0 radical (unpaired) electrons. The summed E-state index contributed by atoms with van der Waals surface area (Å²) in [6.07, 6.45) is 7.63. The van der Waals surface area contributed by atoms with Crippen molar-refractivity contribution in [3.05, 3.63) is 35.0 Å². The molecule has 76 valence electrons. The molecule has 1 aliphatic rings. The maximum absolute atomic E-state index is 6.83. The molecular formula is C9H15N4S+. The normalized spacial score (nSPS) is 17.9. The number of nitrogens with two attached hydrogens (primary N) is 1. The monoisotopic (exact) mass is 211 g/mol. The summed E-state index contributed by atoms with van der Waals surface area (Å²) in [5.74, 6) is 0.507. The predicted octanol–water partition coefficient (Wildman–Crippen LogP) is 1.68. The van der Waals surface area contributed by atoms with Gasteiger partial charge in [-0.2, -0.15) is 5.11 Å². The average molecular weight is 211 g/mol. The molecule has 0 aromatic heterocycles. The Labute approximate surface area is 88.1 Å². The third-order valence-electron chi connectivity index (χ3n) is 1.62. The summed E-state index contributed by atoms with van der Waals surface area (Å²) < 4.78 is 0. The highest BCUT2D eigenvalue weighted by atomic mass is 32.2. The van der Waals surface area contributed by atoms with Gasteiger partial charge in [0.2, 0.25) is 0 Å². The molecular weight excluding hydrogens is 196 g/mol. The first-order valence-electron chi connectivity index (χ1n) is 4.45. The Balaban J connectivity index is 2.74. The number of allylic oxidation sites excluding steroid dienone is 3. The van der Waals surface area contributed by atoms with E-state index in [4.69, 9.17) is 5.53 Å². The topological polar surface area (TPSA) is 64.8 Å². The highest BCUT2D eigenvalue weighted by Crippen LogP contribution is 2.22. The standard InChI is InChI=1S/C9H14N4S/c1-7(2)3-4-8(5-11-10)9-6-12-13-14-9/h3-7,10,12-13H,1-2H3/p+1/b4-3-,8-5+,11-10?. The summed E-state index contributed by atoms with van der Waals surface area (Å²) in [6, 6.07) is 0. The van der Waals surface area contributed by atoms with Crippen LogP contribution < -0.4 is 10.3 Å². The van der Waals surface area contributed by atoms with Crippen molar-refractivity contribution >= 4 is 11.9 Å². The smallest absolute Gasteiger partial charge is 0.128 e. The molecule has 0 bridgehead atoms. The quantitative estimate of drug-likeness (QED) is 0.287. The Morgan fingerprint density at radius 1 is 1.71 bits per heavy atom. The van der Waals surface area contributed by atoms with Gasteiger partial charge in [-0.1, -0.05) is 26.0 Å². The molecule has 0 spiro atoms. The zero-order valence-corrected chi connectivity index (χ0v) is 9.14. The SMILES string of the molecule is CC(C)/C=C\C(=C/N=N)C1=C[NH2+]NS1. The molecule has 5 heteroatoms. The minimum Gasteiger partial charge on any atom is -0.232 e. The predicted molar refractivity (Wildman–Crippen MR) is 57.9 cm³/mol. The molecule has 4 N–H and O–H groups in total. The van der Waals surface area contributed by atoms with E-state index in [2.05, 4.69) is 29.9 Å². The van der Waals surface area contributed by atoms with Gasteiger partial charge < -0.3 is 0 Å². The van der Waals surface area contributed by atoms with Crippen LogP contribution >= 0.6 is 11.9 Å². The summed E-state index contributed by atoms with van der Waals surface area (Å²) in [7, 11) is 0. The Kier molecular flexibility index (Phi) is 4.58. The fourth-order valence-corrected chi connectivity index (χ4v) is 1.59. The van der Waals surface area contributed by atoms with E-state index in [9.17, 15) is 0 Å². The Morgan fingerprint density at radius 3 is 3.00 bits per heavy atom. The van der Waals surface area contributed by atoms with Crippen molar-refractivity contribution in [2.24, 2.45) is 11.0 Å². The number of hydrogen-bond acceptors (Lipinski definition) is 4. The molecule has 0 atom stereocenters. The molecule has 0 amide bonds. The molecule has 0 saturated heterocycles. The maximum atomic E-state index is 6.83. The summed E-state index contributed by atoms with van der Waals surface area (Å²) in [5, 5.41) is 3.30. The fourth-order valence-electron chi connectivity index (χ4n) is 0.951. The zero-order valence-electron chi connectivity index (χ0n) is 8.32. The number of hydrogen-bond donors (Lipinski definition) is 3. The largest absolute Gasteiger partial charge is 0.232 e. The first kappa shape index (κ1) is 11.2. The van der Waals surface area contributed by atoms with Crippen molar-refractivity contribution in [2.45, 2.75) is 13.8 Å². The van der Waals surface area contributed by atoms with Gasteiger partial charge in [0.1, 0.15) is 6.20 Å². The van der Waals surface area contributed by atoms with Crippen LogP contribution in [0.1, 0.15) is 13.8 Å². The molecule has 0 aromatic carbocycles. The van der Waals surface area contributed by atoms with Crippen LogP contribution in [0.5, 0.6) is 0 Å². The molecule has 1 heterocycles. The third kappa shape index (κ3) is 3.45. The first-order chi connectivity index (χ1) is 6.74. The first-order valence-corrected chi connectivity index (χ1v) is 5.27. The Bertz CT molecular complexity index is 291. The van der Waals surface area contributed by atoms with Crippen LogP contribution in [0.2, 0.25) is 0 Å². The summed E-state index contributed by atoms with van der Waals surface area (Å²) in [6.45, 7) is 4.24. The Hall–Kier alpha value is -0.910. The second-order valence-corrected chi connectivity index (χ2v) is 4.11. The summed E-state index contributed by atoms with van der Waals surface area (Å²) >= 11 is 1.53. The van der Waals surface area contributed by atoms with Gasteiger partial charge in [0.05, 0.1) is 11.1 Å². The molecule has 0 unspecified atom stereocenters. The lowest BCUT2D eigenvalue weighted by Gasteiger charge is -1.98. The van der Waals surface area contributed by atoms with E-state index in [0.717, 1.165) is 10.5 Å². The lowest BCUT2D eigenvalue weighted by atomic mass is 10.1. The second kappa shape index (κ2) is 5.74. The van der Waals surface area contributed by atoms with E-state index in [0.29, 0.717) is 5.92 Å². The van der Waals surface area contributed by atoms with Crippen LogP contribution in [0.25, 0.3) is 0 Å². The highest BCUT2D eigenvalue weighted by Gasteiger charge is 2.11. The van der Waals surface area contributed by atoms with Crippen LogP contribution in [-0.4, -0.2) is 0 Å². The summed E-state index contributed by atoms with van der Waals surface area (Å²) in [4.78, 5) is 4.12. The van der Waals surface area contributed by atoms with Crippen LogP contribution in [0.15, 0.2) is 40.1 Å². The molecule has 14 heavy (non-hydrogen) atoms.